The molecule has 1 N–H and O–H groups in total. The molecule has 2 aromatic heterocycles. The number of rotatable bonds is 3. The first-order valence-corrected chi connectivity index (χ1v) is 4.72. The van der Waals surface area contributed by atoms with E-state index >= 15 is 0 Å². The van der Waals surface area contributed by atoms with Gasteiger partial charge in [0.2, 0.25) is 0 Å². The number of nitrogens with zero attached hydrogens (tertiary/aromatic N) is 4. The molecule has 0 amide bonds. The van der Waals surface area contributed by atoms with Crippen molar-refractivity contribution in [3.63, 3.8) is 0 Å². The van der Waals surface area contributed by atoms with Crippen LogP contribution < -0.4 is 0 Å². The molecule has 0 saturated heterocycles. The van der Waals surface area contributed by atoms with E-state index < -0.39 is 0 Å². The number of hydrogen-bond donors (Lipinski definition) is 1. The molecule has 0 aliphatic rings. The monoisotopic (exact) mass is 196 g/mol. The molecular weight excluding hydrogens is 188 g/mol. The van der Waals surface area contributed by atoms with Gasteiger partial charge in [0.05, 0.1) is 6.61 Å². The smallest absolute Gasteiger partial charge is 0.159 e. The lowest BCUT2D eigenvalue weighted by molar-refractivity contribution is 0.295. The van der Waals surface area contributed by atoms with E-state index in [0.717, 1.165) is 5.00 Å². The van der Waals surface area contributed by atoms with Crippen molar-refractivity contribution in [2.75, 3.05) is 6.61 Å². The van der Waals surface area contributed by atoms with Gasteiger partial charge in [0.25, 0.3) is 0 Å². The Kier molecular flexibility index (Phi) is 2.33. The van der Waals surface area contributed by atoms with E-state index in [9.17, 15) is 0 Å². The van der Waals surface area contributed by atoms with Crippen molar-refractivity contribution in [1.29, 1.82) is 0 Å². The van der Waals surface area contributed by atoms with Gasteiger partial charge in [-0.3, -0.25) is 0 Å². The molecule has 0 aromatic carbocycles. The molecule has 0 fully saturated rings. The summed E-state index contributed by atoms with van der Waals surface area (Å²) in [6.45, 7) is 0.0613. The maximum absolute atomic E-state index is 8.75. The molecule has 0 aliphatic heterocycles. The fraction of sp³-hybridized carbons (Fsp3) is 0.286. The van der Waals surface area contributed by atoms with Gasteiger partial charge in [0, 0.05) is 6.42 Å². The van der Waals surface area contributed by atoms with E-state index in [1.165, 1.54) is 0 Å². The Hall–Kier alpha value is -1.27. The zero-order valence-electron chi connectivity index (χ0n) is 6.79. The molecule has 13 heavy (non-hydrogen) atoms. The van der Waals surface area contributed by atoms with Crippen LogP contribution in [0.1, 0.15) is 5.82 Å². The van der Waals surface area contributed by atoms with Crippen molar-refractivity contribution in [1.82, 2.24) is 20.2 Å². The van der Waals surface area contributed by atoms with Crippen LogP contribution in [0.15, 0.2) is 17.5 Å². The van der Waals surface area contributed by atoms with Gasteiger partial charge in [-0.05, 0) is 27.9 Å². The minimum absolute atomic E-state index is 0.0613. The van der Waals surface area contributed by atoms with E-state index in [-0.39, 0.29) is 6.61 Å². The van der Waals surface area contributed by atoms with Crippen molar-refractivity contribution < 1.29 is 5.11 Å². The first-order valence-electron chi connectivity index (χ1n) is 3.84. The lowest BCUT2D eigenvalue weighted by atomic mass is 10.4. The highest BCUT2D eigenvalue weighted by molar-refractivity contribution is 7.12. The fourth-order valence-corrected chi connectivity index (χ4v) is 1.72. The first-order chi connectivity index (χ1) is 6.42. The van der Waals surface area contributed by atoms with Crippen LogP contribution in [0.5, 0.6) is 0 Å². The summed E-state index contributed by atoms with van der Waals surface area (Å²) in [5.74, 6) is 0.685. The minimum atomic E-state index is 0.0613. The normalized spacial score (nSPS) is 10.5. The van der Waals surface area contributed by atoms with Crippen molar-refractivity contribution in [3.8, 4) is 5.00 Å². The van der Waals surface area contributed by atoms with Gasteiger partial charge >= 0.3 is 0 Å². The lowest BCUT2D eigenvalue weighted by Crippen LogP contribution is -2.03. The molecule has 68 valence electrons. The van der Waals surface area contributed by atoms with Gasteiger partial charge in [-0.2, -0.15) is 4.68 Å². The van der Waals surface area contributed by atoms with Gasteiger partial charge in [-0.1, -0.05) is 0 Å². The summed E-state index contributed by atoms with van der Waals surface area (Å²) in [6.07, 6.45) is 0.477. The van der Waals surface area contributed by atoms with Crippen LogP contribution in [-0.4, -0.2) is 31.9 Å². The highest BCUT2D eigenvalue weighted by Crippen LogP contribution is 2.14. The van der Waals surface area contributed by atoms with E-state index in [2.05, 4.69) is 15.5 Å². The maximum atomic E-state index is 8.75. The molecule has 0 bridgehead atoms. The molecule has 0 unspecified atom stereocenters. The second kappa shape index (κ2) is 3.63. The molecule has 0 spiro atoms. The highest BCUT2D eigenvalue weighted by Gasteiger charge is 2.07. The molecule has 6 heteroatoms. The Labute approximate surface area is 78.6 Å². The van der Waals surface area contributed by atoms with Crippen LogP contribution in [0, 0.1) is 0 Å². The lowest BCUT2D eigenvalue weighted by Gasteiger charge is -1.97. The Morgan fingerprint density at radius 3 is 3.15 bits per heavy atom. The maximum Gasteiger partial charge on any atom is 0.159 e. The molecule has 0 radical (unpaired) electrons. The molecule has 2 heterocycles. The Bertz CT molecular complexity index is 370. The summed E-state index contributed by atoms with van der Waals surface area (Å²) < 4.78 is 1.64. The van der Waals surface area contributed by atoms with Crippen molar-refractivity contribution in [2.24, 2.45) is 0 Å². The summed E-state index contributed by atoms with van der Waals surface area (Å²) in [7, 11) is 0. The van der Waals surface area contributed by atoms with Crippen LogP contribution in [0.2, 0.25) is 0 Å². The average Bonchev–Trinajstić information content (AvgIpc) is 2.71. The van der Waals surface area contributed by atoms with Crippen LogP contribution in [-0.2, 0) is 6.42 Å². The Morgan fingerprint density at radius 2 is 2.46 bits per heavy atom. The summed E-state index contributed by atoms with van der Waals surface area (Å²) >= 11 is 1.56. The second-order valence-corrected chi connectivity index (χ2v) is 3.36. The van der Waals surface area contributed by atoms with Crippen molar-refractivity contribution in [2.45, 2.75) is 6.42 Å². The molecule has 2 rings (SSSR count). The topological polar surface area (TPSA) is 63.8 Å². The SMILES string of the molecule is OCCc1nnnn1-c1cccs1. The zero-order chi connectivity index (χ0) is 9.10. The van der Waals surface area contributed by atoms with Crippen molar-refractivity contribution in [3.05, 3.63) is 23.3 Å². The van der Waals surface area contributed by atoms with E-state index in [1.807, 2.05) is 17.5 Å². The molecule has 0 atom stereocenters. The standard InChI is InChI=1S/C7H8N4OS/c12-4-3-6-8-9-10-11(6)7-2-1-5-13-7/h1-2,5,12H,3-4H2. The van der Waals surface area contributed by atoms with Gasteiger partial charge in [-0.25, -0.2) is 0 Å². The summed E-state index contributed by atoms with van der Waals surface area (Å²) in [4.78, 5) is 0. The number of tetrazole rings is 1. The zero-order valence-corrected chi connectivity index (χ0v) is 7.61. The molecular formula is C7H8N4OS. The van der Waals surface area contributed by atoms with E-state index in [4.69, 9.17) is 5.11 Å². The Balaban J connectivity index is 2.35. The number of aliphatic hydroxyl groups excluding tert-OH is 1. The number of hydrogen-bond acceptors (Lipinski definition) is 5. The number of thiophene rings is 1. The third-order valence-corrected chi connectivity index (χ3v) is 2.43. The second-order valence-electron chi connectivity index (χ2n) is 2.43. The molecule has 0 aliphatic carbocycles. The first kappa shape index (κ1) is 8.33. The average molecular weight is 196 g/mol. The van der Waals surface area contributed by atoms with Gasteiger partial charge in [0.15, 0.2) is 5.82 Å². The Morgan fingerprint density at radius 1 is 1.54 bits per heavy atom. The highest BCUT2D eigenvalue weighted by atomic mass is 32.1. The molecule has 2 aromatic rings. The number of aliphatic hydroxyl groups is 1. The van der Waals surface area contributed by atoms with Crippen LogP contribution in [0.4, 0.5) is 0 Å². The van der Waals surface area contributed by atoms with Crippen LogP contribution in [0.3, 0.4) is 0 Å². The van der Waals surface area contributed by atoms with Crippen LogP contribution in [0.25, 0.3) is 5.00 Å². The number of aromatic nitrogens is 4. The predicted molar refractivity (Wildman–Crippen MR) is 47.8 cm³/mol. The summed E-state index contributed by atoms with van der Waals surface area (Å²) in [5.41, 5.74) is 0. The predicted octanol–water partition coefficient (Wildman–Crippen LogP) is 0.259. The largest absolute Gasteiger partial charge is 0.396 e. The summed E-state index contributed by atoms with van der Waals surface area (Å²) in [5, 5.41) is 22.9. The third-order valence-electron chi connectivity index (χ3n) is 1.58. The third kappa shape index (κ3) is 1.58. The van der Waals surface area contributed by atoms with Gasteiger partial charge in [0.1, 0.15) is 5.00 Å². The van der Waals surface area contributed by atoms with Gasteiger partial charge < -0.3 is 5.11 Å². The molecule has 0 saturated carbocycles. The summed E-state index contributed by atoms with van der Waals surface area (Å²) in [6, 6.07) is 3.87. The van der Waals surface area contributed by atoms with E-state index in [1.54, 1.807) is 16.0 Å². The quantitative estimate of drug-likeness (QED) is 0.764. The van der Waals surface area contributed by atoms with Gasteiger partial charge in [-0.15, -0.1) is 16.4 Å². The van der Waals surface area contributed by atoms with Crippen LogP contribution >= 0.6 is 11.3 Å². The fourth-order valence-electron chi connectivity index (χ4n) is 1.02. The van der Waals surface area contributed by atoms with E-state index in [0.29, 0.717) is 12.2 Å². The molecule has 5 nitrogen and oxygen atoms in total. The minimum Gasteiger partial charge on any atom is -0.396 e. The van der Waals surface area contributed by atoms with Crippen molar-refractivity contribution >= 4 is 11.3 Å².